The van der Waals surface area contributed by atoms with Gasteiger partial charge in [0.05, 0.1) is 5.69 Å². The number of nitrogens with zero attached hydrogens (tertiary/aromatic N) is 2. The molecule has 0 spiro atoms. The number of hydrogen-bond donors (Lipinski definition) is 1. The van der Waals surface area contributed by atoms with Gasteiger partial charge in [0.25, 0.3) is 0 Å². The van der Waals surface area contributed by atoms with Gasteiger partial charge in [-0.3, -0.25) is 4.68 Å². The molecule has 0 unspecified atom stereocenters. The van der Waals surface area contributed by atoms with Crippen LogP contribution in [0.5, 0.6) is 0 Å². The van der Waals surface area contributed by atoms with Crippen LogP contribution in [-0.2, 0) is 6.42 Å². The van der Waals surface area contributed by atoms with Crippen LogP contribution in [0.25, 0.3) is 11.3 Å². The zero-order valence-corrected chi connectivity index (χ0v) is 10.4. The van der Waals surface area contributed by atoms with Crippen molar-refractivity contribution in [1.82, 2.24) is 9.78 Å². The summed E-state index contributed by atoms with van der Waals surface area (Å²) < 4.78 is 2.04. The largest absolute Gasteiger partial charge is 0.330 e. The van der Waals surface area contributed by atoms with E-state index in [1.807, 2.05) is 10.9 Å². The summed E-state index contributed by atoms with van der Waals surface area (Å²) in [6.45, 7) is 4.97. The Morgan fingerprint density at radius 2 is 2.12 bits per heavy atom. The van der Waals surface area contributed by atoms with Gasteiger partial charge >= 0.3 is 0 Å². The molecule has 0 fully saturated rings. The lowest BCUT2D eigenvalue weighted by Crippen LogP contribution is -2.05. The van der Waals surface area contributed by atoms with Crippen LogP contribution < -0.4 is 5.73 Å². The van der Waals surface area contributed by atoms with Crippen molar-refractivity contribution in [3.63, 3.8) is 0 Å². The van der Waals surface area contributed by atoms with E-state index in [4.69, 9.17) is 5.73 Å². The highest BCUT2D eigenvalue weighted by Gasteiger charge is 2.08. The van der Waals surface area contributed by atoms with Crippen LogP contribution in [0, 0.1) is 0 Å². The monoisotopic (exact) mass is 229 g/mol. The predicted molar refractivity (Wildman–Crippen MR) is 70.8 cm³/mol. The van der Waals surface area contributed by atoms with Gasteiger partial charge in [-0.2, -0.15) is 5.10 Å². The van der Waals surface area contributed by atoms with Crippen molar-refractivity contribution >= 4 is 0 Å². The third-order valence-electron chi connectivity index (χ3n) is 2.82. The number of hydrogen-bond acceptors (Lipinski definition) is 2. The molecule has 1 heterocycles. The molecule has 3 nitrogen and oxygen atoms in total. The molecule has 0 amide bonds. The molecule has 0 aliphatic rings. The summed E-state index contributed by atoms with van der Waals surface area (Å²) in [5, 5.41) is 4.36. The van der Waals surface area contributed by atoms with E-state index >= 15 is 0 Å². The lowest BCUT2D eigenvalue weighted by atomic mass is 10.1. The van der Waals surface area contributed by atoms with Gasteiger partial charge in [-0.1, -0.05) is 18.2 Å². The van der Waals surface area contributed by atoms with Gasteiger partial charge in [-0.05, 0) is 44.5 Å². The fourth-order valence-electron chi connectivity index (χ4n) is 2.01. The molecule has 0 saturated heterocycles. The summed E-state index contributed by atoms with van der Waals surface area (Å²) in [5.74, 6) is 0. The molecule has 1 aromatic heterocycles. The molecule has 0 aliphatic carbocycles. The Morgan fingerprint density at radius 3 is 2.82 bits per heavy atom. The molecular weight excluding hydrogens is 210 g/mol. The van der Waals surface area contributed by atoms with Crippen molar-refractivity contribution in [3.8, 4) is 11.3 Å². The van der Waals surface area contributed by atoms with Crippen LogP contribution in [-0.4, -0.2) is 16.3 Å². The first-order valence-corrected chi connectivity index (χ1v) is 6.05. The highest BCUT2D eigenvalue weighted by Crippen LogP contribution is 2.22. The van der Waals surface area contributed by atoms with Crippen LogP contribution >= 0.6 is 0 Å². The Bertz CT molecular complexity index is 486. The minimum atomic E-state index is 0.373. The van der Waals surface area contributed by atoms with Gasteiger partial charge in [0.15, 0.2) is 0 Å². The molecule has 2 N–H and O–H groups in total. The van der Waals surface area contributed by atoms with Crippen LogP contribution in [0.1, 0.15) is 25.5 Å². The zero-order valence-electron chi connectivity index (χ0n) is 10.4. The van der Waals surface area contributed by atoms with Crippen molar-refractivity contribution in [2.45, 2.75) is 26.3 Å². The van der Waals surface area contributed by atoms with Crippen molar-refractivity contribution in [2.24, 2.45) is 5.73 Å². The van der Waals surface area contributed by atoms with E-state index in [9.17, 15) is 0 Å². The topological polar surface area (TPSA) is 43.8 Å². The van der Waals surface area contributed by atoms with Crippen LogP contribution in [0.3, 0.4) is 0 Å². The van der Waals surface area contributed by atoms with Gasteiger partial charge < -0.3 is 5.73 Å². The Kier molecular flexibility index (Phi) is 3.59. The van der Waals surface area contributed by atoms with E-state index in [2.05, 4.69) is 49.3 Å². The Labute approximate surface area is 102 Å². The zero-order chi connectivity index (χ0) is 12.3. The third-order valence-corrected chi connectivity index (χ3v) is 2.82. The Hall–Kier alpha value is -1.61. The molecule has 0 aliphatic heterocycles. The van der Waals surface area contributed by atoms with Gasteiger partial charge in [0.2, 0.25) is 0 Å². The van der Waals surface area contributed by atoms with Crippen LogP contribution in [0.4, 0.5) is 0 Å². The maximum atomic E-state index is 5.59. The second-order valence-corrected chi connectivity index (χ2v) is 4.49. The molecule has 0 radical (unpaired) electrons. The van der Waals surface area contributed by atoms with Crippen molar-refractivity contribution in [1.29, 1.82) is 0 Å². The summed E-state index contributed by atoms with van der Waals surface area (Å²) in [4.78, 5) is 0. The predicted octanol–water partition coefficient (Wildman–Crippen LogP) is 2.63. The first-order valence-electron chi connectivity index (χ1n) is 6.05. The van der Waals surface area contributed by atoms with Gasteiger partial charge in [0.1, 0.15) is 0 Å². The summed E-state index contributed by atoms with van der Waals surface area (Å²) in [5.41, 5.74) is 9.24. The molecule has 0 atom stereocenters. The second-order valence-electron chi connectivity index (χ2n) is 4.49. The van der Waals surface area contributed by atoms with E-state index in [1.54, 1.807) is 0 Å². The fourth-order valence-corrected chi connectivity index (χ4v) is 2.01. The van der Waals surface area contributed by atoms with E-state index in [0.29, 0.717) is 12.6 Å². The summed E-state index contributed by atoms with van der Waals surface area (Å²) in [7, 11) is 0. The quantitative estimate of drug-likeness (QED) is 0.875. The molecule has 17 heavy (non-hydrogen) atoms. The fraction of sp³-hybridized carbons (Fsp3) is 0.357. The maximum absolute atomic E-state index is 5.59. The standard InChI is InChI=1S/C14H19N3/c1-11(2)17-14(7-9-16-17)13-5-3-4-12(10-13)6-8-15/h3-5,7,9-11H,6,8,15H2,1-2H3. The first kappa shape index (κ1) is 11.9. The minimum Gasteiger partial charge on any atom is -0.330 e. The van der Waals surface area contributed by atoms with Crippen molar-refractivity contribution in [2.75, 3.05) is 6.54 Å². The van der Waals surface area contributed by atoms with E-state index in [0.717, 1.165) is 6.42 Å². The average molecular weight is 229 g/mol. The Balaban J connectivity index is 2.38. The number of nitrogens with two attached hydrogens (primary N) is 1. The molecule has 1 aromatic carbocycles. The third kappa shape index (κ3) is 2.56. The van der Waals surface area contributed by atoms with Gasteiger partial charge in [-0.15, -0.1) is 0 Å². The molecule has 0 bridgehead atoms. The molecular formula is C14H19N3. The lowest BCUT2D eigenvalue weighted by Gasteiger charge is -2.11. The van der Waals surface area contributed by atoms with Crippen molar-refractivity contribution in [3.05, 3.63) is 42.1 Å². The van der Waals surface area contributed by atoms with Crippen molar-refractivity contribution < 1.29 is 0 Å². The van der Waals surface area contributed by atoms with Crippen LogP contribution in [0.2, 0.25) is 0 Å². The minimum absolute atomic E-state index is 0.373. The molecule has 2 rings (SSSR count). The normalized spacial score (nSPS) is 11.1. The maximum Gasteiger partial charge on any atom is 0.0685 e. The summed E-state index contributed by atoms with van der Waals surface area (Å²) in [6, 6.07) is 10.9. The van der Waals surface area contributed by atoms with E-state index in [1.165, 1.54) is 16.8 Å². The second kappa shape index (κ2) is 5.15. The molecule has 0 saturated carbocycles. The highest BCUT2D eigenvalue weighted by molar-refractivity contribution is 5.60. The molecule has 3 heteroatoms. The number of benzene rings is 1. The lowest BCUT2D eigenvalue weighted by molar-refractivity contribution is 0.538. The van der Waals surface area contributed by atoms with Gasteiger partial charge in [-0.25, -0.2) is 0 Å². The SMILES string of the molecule is CC(C)n1nccc1-c1cccc(CCN)c1. The number of rotatable bonds is 4. The van der Waals surface area contributed by atoms with Gasteiger partial charge in [0, 0.05) is 17.8 Å². The summed E-state index contributed by atoms with van der Waals surface area (Å²) >= 11 is 0. The molecule has 2 aromatic rings. The summed E-state index contributed by atoms with van der Waals surface area (Å²) in [6.07, 6.45) is 2.77. The van der Waals surface area contributed by atoms with Crippen LogP contribution in [0.15, 0.2) is 36.5 Å². The first-order chi connectivity index (χ1) is 8.22. The Morgan fingerprint density at radius 1 is 1.29 bits per heavy atom. The van der Waals surface area contributed by atoms with E-state index < -0.39 is 0 Å². The average Bonchev–Trinajstić information content (AvgIpc) is 2.79. The number of aromatic nitrogens is 2. The smallest absolute Gasteiger partial charge is 0.0685 e. The molecule has 90 valence electrons. The van der Waals surface area contributed by atoms with E-state index in [-0.39, 0.29) is 0 Å². The highest BCUT2D eigenvalue weighted by atomic mass is 15.3.